The average molecular weight is 499 g/mol. The lowest BCUT2D eigenvalue weighted by molar-refractivity contribution is -0.145. The van der Waals surface area contributed by atoms with E-state index in [2.05, 4.69) is 5.32 Å². The van der Waals surface area contributed by atoms with Crippen LogP contribution in [0.4, 0.5) is 0 Å². The minimum absolute atomic E-state index is 0.212. The number of fused-ring (bicyclic) bond motifs is 1. The lowest BCUT2D eigenvalue weighted by atomic mass is 9.92. The highest BCUT2D eigenvalue weighted by molar-refractivity contribution is 5.78. The summed E-state index contributed by atoms with van der Waals surface area (Å²) in [5, 5.41) is 13.1. The van der Waals surface area contributed by atoms with Crippen LogP contribution in [0.25, 0.3) is 0 Å². The van der Waals surface area contributed by atoms with Crippen LogP contribution < -0.4 is 14.8 Å². The largest absolute Gasteiger partial charge is 0.493 e. The summed E-state index contributed by atoms with van der Waals surface area (Å²) in [7, 11) is 3.09. The number of carbonyl (C=O) groups excluding carboxylic acids is 2. The molecule has 1 aliphatic rings. The average Bonchev–Trinajstić information content (AvgIpc) is 2.89. The number of hydrogen-bond acceptors (Lipinski definition) is 8. The van der Waals surface area contributed by atoms with E-state index in [1.807, 2.05) is 42.5 Å². The van der Waals surface area contributed by atoms with E-state index in [0.29, 0.717) is 31.0 Å². The van der Waals surface area contributed by atoms with Gasteiger partial charge < -0.3 is 29.4 Å². The van der Waals surface area contributed by atoms with Gasteiger partial charge in [0.2, 0.25) is 0 Å². The third kappa shape index (κ3) is 6.61. The lowest BCUT2D eigenvalue weighted by Gasteiger charge is -2.36. The Kier molecular flexibility index (Phi) is 9.84. The Balaban J connectivity index is 1.69. The first-order valence-corrected chi connectivity index (χ1v) is 12.0. The molecule has 0 aromatic heterocycles. The van der Waals surface area contributed by atoms with E-state index in [4.69, 9.17) is 14.2 Å². The minimum Gasteiger partial charge on any atom is -0.493 e. The van der Waals surface area contributed by atoms with Crippen LogP contribution in [0.15, 0.2) is 42.5 Å². The molecule has 2 aromatic carbocycles. The van der Waals surface area contributed by atoms with Gasteiger partial charge in [0, 0.05) is 13.1 Å². The minimum atomic E-state index is -0.952. The van der Waals surface area contributed by atoms with Gasteiger partial charge in [0.15, 0.2) is 11.5 Å². The fraction of sp³-hybridized carbons (Fsp3) is 0.444. The molecule has 9 heteroatoms. The number of esters is 1. The Labute approximate surface area is 211 Å². The van der Waals surface area contributed by atoms with Crippen molar-refractivity contribution in [1.82, 2.24) is 10.2 Å². The molecule has 2 N–H and O–H groups in total. The van der Waals surface area contributed by atoms with E-state index >= 15 is 0 Å². The third-order valence-electron chi connectivity index (χ3n) is 6.43. The van der Waals surface area contributed by atoms with Crippen molar-refractivity contribution in [3.05, 3.63) is 59.2 Å². The Bertz CT molecular complexity index is 1040. The highest BCUT2D eigenvalue weighted by Gasteiger charge is 2.34. The van der Waals surface area contributed by atoms with Gasteiger partial charge in [0.25, 0.3) is 0 Å². The fourth-order valence-corrected chi connectivity index (χ4v) is 4.57. The van der Waals surface area contributed by atoms with Gasteiger partial charge in [-0.2, -0.15) is 0 Å². The summed E-state index contributed by atoms with van der Waals surface area (Å²) in [6.07, 6.45) is 1.51. The van der Waals surface area contributed by atoms with Crippen LogP contribution in [-0.4, -0.2) is 74.2 Å². The lowest BCUT2D eigenvalue weighted by Crippen LogP contribution is -2.51. The molecular formula is C27H34N2O7. The Morgan fingerprint density at radius 1 is 1.14 bits per heavy atom. The van der Waals surface area contributed by atoms with Gasteiger partial charge in [-0.1, -0.05) is 30.3 Å². The molecule has 0 amide bonds. The number of hydrogen-bond donors (Lipinski definition) is 2. The SMILES string of the molecule is CCOC(=O)[C@@H](CCNC(C=O)CN1Cc2cc(OC)c(OC)cc2C[C@H]1C(=O)O)c1ccccc1. The predicted molar refractivity (Wildman–Crippen MR) is 133 cm³/mol. The maximum absolute atomic E-state index is 12.5. The number of aliphatic carboxylic acids is 1. The molecule has 194 valence electrons. The molecule has 0 radical (unpaired) electrons. The van der Waals surface area contributed by atoms with Crippen LogP contribution in [0, 0.1) is 0 Å². The zero-order valence-corrected chi connectivity index (χ0v) is 20.9. The number of ether oxygens (including phenoxy) is 3. The number of carboxylic acid groups (broad SMARTS) is 1. The number of carboxylic acids is 1. The van der Waals surface area contributed by atoms with Crippen molar-refractivity contribution in [2.45, 2.75) is 44.3 Å². The number of rotatable bonds is 13. The molecule has 36 heavy (non-hydrogen) atoms. The van der Waals surface area contributed by atoms with E-state index in [9.17, 15) is 19.5 Å². The zero-order chi connectivity index (χ0) is 26.1. The second-order valence-electron chi connectivity index (χ2n) is 8.66. The third-order valence-corrected chi connectivity index (χ3v) is 6.43. The molecule has 0 saturated carbocycles. The zero-order valence-electron chi connectivity index (χ0n) is 20.9. The Morgan fingerprint density at radius 3 is 2.39 bits per heavy atom. The van der Waals surface area contributed by atoms with Crippen molar-refractivity contribution >= 4 is 18.2 Å². The number of benzene rings is 2. The number of nitrogens with zero attached hydrogens (tertiary/aromatic N) is 1. The Morgan fingerprint density at radius 2 is 1.81 bits per heavy atom. The molecule has 3 atom stereocenters. The summed E-state index contributed by atoms with van der Waals surface area (Å²) in [6.45, 7) is 3.00. The van der Waals surface area contributed by atoms with Gasteiger partial charge in [-0.15, -0.1) is 0 Å². The van der Waals surface area contributed by atoms with Gasteiger partial charge >= 0.3 is 11.9 Å². The smallest absolute Gasteiger partial charge is 0.321 e. The molecule has 1 aliphatic heterocycles. The van der Waals surface area contributed by atoms with Crippen molar-refractivity contribution in [3.63, 3.8) is 0 Å². The van der Waals surface area contributed by atoms with E-state index in [1.54, 1.807) is 26.0 Å². The summed E-state index contributed by atoms with van der Waals surface area (Å²) < 4.78 is 16.0. The molecule has 2 aromatic rings. The topological polar surface area (TPSA) is 114 Å². The highest BCUT2D eigenvalue weighted by Crippen LogP contribution is 2.34. The molecule has 1 unspecified atom stereocenters. The van der Waals surface area contributed by atoms with Crippen LogP contribution >= 0.6 is 0 Å². The number of methoxy groups -OCH3 is 2. The normalized spacial score (nSPS) is 16.9. The van der Waals surface area contributed by atoms with Crippen molar-refractivity contribution in [2.75, 3.05) is 33.9 Å². The summed E-state index contributed by atoms with van der Waals surface area (Å²) in [6, 6.07) is 11.7. The summed E-state index contributed by atoms with van der Waals surface area (Å²) in [5.74, 6) is -0.596. The highest BCUT2D eigenvalue weighted by atomic mass is 16.5. The molecule has 3 rings (SSSR count). The molecule has 9 nitrogen and oxygen atoms in total. The first-order valence-electron chi connectivity index (χ1n) is 12.0. The maximum Gasteiger partial charge on any atom is 0.321 e. The van der Waals surface area contributed by atoms with E-state index in [0.717, 1.165) is 23.0 Å². The summed E-state index contributed by atoms with van der Waals surface area (Å²) in [4.78, 5) is 38.3. The quantitative estimate of drug-likeness (QED) is 0.317. The molecule has 0 spiro atoms. The van der Waals surface area contributed by atoms with Crippen LogP contribution in [0.5, 0.6) is 11.5 Å². The van der Waals surface area contributed by atoms with Crippen molar-refractivity contribution in [2.24, 2.45) is 0 Å². The van der Waals surface area contributed by atoms with Gasteiger partial charge in [-0.05, 0) is 55.1 Å². The second kappa shape index (κ2) is 13.0. The fourth-order valence-electron chi connectivity index (χ4n) is 4.57. The standard InChI is InChI=1S/C27H34N2O7/c1-4-36-27(33)22(18-8-6-5-7-9-18)10-11-28-21(17-30)16-29-15-20-14-25(35-3)24(34-2)13-19(20)12-23(29)26(31)32/h5-9,13-14,17,21-23,28H,4,10-12,15-16H2,1-3H3,(H,31,32)/t21?,22-,23-/m0/s1. The number of carbonyl (C=O) groups is 3. The molecular weight excluding hydrogens is 464 g/mol. The molecule has 0 bridgehead atoms. The van der Waals surface area contributed by atoms with Gasteiger partial charge in [0.1, 0.15) is 12.3 Å². The van der Waals surface area contributed by atoms with E-state index < -0.39 is 24.0 Å². The molecule has 0 fully saturated rings. The molecule has 1 heterocycles. The van der Waals surface area contributed by atoms with Gasteiger partial charge in [-0.3, -0.25) is 14.5 Å². The van der Waals surface area contributed by atoms with Crippen molar-refractivity contribution in [1.29, 1.82) is 0 Å². The molecule has 0 saturated heterocycles. The second-order valence-corrected chi connectivity index (χ2v) is 8.66. The number of aldehydes is 1. The monoisotopic (exact) mass is 498 g/mol. The first-order chi connectivity index (χ1) is 17.4. The van der Waals surface area contributed by atoms with Crippen LogP contribution in [0.2, 0.25) is 0 Å². The van der Waals surface area contributed by atoms with Gasteiger partial charge in [0.05, 0.1) is 32.8 Å². The van der Waals surface area contributed by atoms with Gasteiger partial charge in [-0.25, -0.2) is 0 Å². The van der Waals surface area contributed by atoms with Crippen molar-refractivity contribution < 1.29 is 33.7 Å². The Hall–Kier alpha value is -3.43. The first kappa shape index (κ1) is 27.2. The predicted octanol–water partition coefficient (Wildman–Crippen LogP) is 2.41. The number of nitrogens with one attached hydrogen (secondary N) is 1. The van der Waals surface area contributed by atoms with Crippen LogP contribution in [0.3, 0.4) is 0 Å². The van der Waals surface area contributed by atoms with E-state index in [1.165, 1.54) is 0 Å². The van der Waals surface area contributed by atoms with Crippen LogP contribution in [0.1, 0.15) is 36.0 Å². The van der Waals surface area contributed by atoms with E-state index in [-0.39, 0.29) is 25.5 Å². The summed E-state index contributed by atoms with van der Waals surface area (Å²) >= 11 is 0. The van der Waals surface area contributed by atoms with Crippen molar-refractivity contribution in [3.8, 4) is 11.5 Å². The van der Waals surface area contributed by atoms with Crippen LogP contribution in [-0.2, 0) is 32.1 Å². The molecule has 0 aliphatic carbocycles. The maximum atomic E-state index is 12.5. The summed E-state index contributed by atoms with van der Waals surface area (Å²) in [5.41, 5.74) is 2.66.